The number of ether oxygens (including phenoxy) is 4. The predicted molar refractivity (Wildman–Crippen MR) is 240 cm³/mol. The molecule has 3 aliphatic heterocycles. The van der Waals surface area contributed by atoms with Crippen LogP contribution in [0.2, 0.25) is 0 Å². The van der Waals surface area contributed by atoms with Crippen LogP contribution in [0.1, 0.15) is 116 Å². The number of carbonyl (C=O) groups is 1. The smallest absolute Gasteiger partial charge is 0.306 e. The first-order valence-corrected chi connectivity index (χ1v) is 26.1. The van der Waals surface area contributed by atoms with Gasteiger partial charge >= 0.3 is 5.97 Å². The molecular weight excluding hydrogens is 847 g/mol. The normalized spacial score (nSPS) is 41.7. The number of hydrogen-bond donors (Lipinski definition) is 7. The molecule has 0 radical (unpaired) electrons. The summed E-state index contributed by atoms with van der Waals surface area (Å²) in [4.78, 5) is 12.9. The van der Waals surface area contributed by atoms with E-state index >= 15 is 0 Å². The zero-order valence-electron chi connectivity index (χ0n) is 36.9. The van der Waals surface area contributed by atoms with Gasteiger partial charge in [-0.2, -0.15) is 0 Å². The SMILES string of the molecule is CCOC(=O)CCc1cc2ccoc2c2c1O[C@@H]1O[C@@]3(CSS[C@@]4(CCCC5(CCCC5)C4)[C@H](CC[C@@H](C)CCC[C@@H]3O)NCCO2)[C@]2(O)C[C@@H]3C=C[C@H](O)[C@@H](CO)[C@H]3[C@@]1(O)[C@H]2O. The number of esters is 1. The van der Waals surface area contributed by atoms with Crippen LogP contribution in [0.15, 0.2) is 35.0 Å². The number of hydrogen-bond acceptors (Lipinski definition) is 15. The molecule has 3 saturated carbocycles. The van der Waals surface area contributed by atoms with Crippen LogP contribution in [-0.2, 0) is 20.7 Å². The lowest BCUT2D eigenvalue weighted by Crippen LogP contribution is -2.86. The number of rotatable bonds is 5. The number of aliphatic hydroxyl groups is 6. The fourth-order valence-corrected chi connectivity index (χ4v) is 17.4. The summed E-state index contributed by atoms with van der Waals surface area (Å²) in [6, 6.07) is 3.77. The number of fused-ring (bicyclic) bond motifs is 11. The number of furan rings is 1. The fourth-order valence-electron chi connectivity index (χ4n) is 13.4. The number of carbonyl (C=O) groups excluding carboxylic acids is 1. The van der Waals surface area contributed by atoms with Gasteiger partial charge in [0.1, 0.15) is 23.9 Å². The molecule has 1 aromatic heterocycles. The van der Waals surface area contributed by atoms with Crippen molar-refractivity contribution in [2.45, 2.75) is 169 Å². The van der Waals surface area contributed by atoms with E-state index in [2.05, 4.69) is 12.2 Å². The van der Waals surface area contributed by atoms with E-state index in [0.29, 0.717) is 35.4 Å². The predicted octanol–water partition coefficient (Wildman–Crippen LogP) is 5.97. The van der Waals surface area contributed by atoms with Gasteiger partial charge in [-0.3, -0.25) is 4.79 Å². The minimum absolute atomic E-state index is 0.00118. The van der Waals surface area contributed by atoms with Gasteiger partial charge in [-0.05, 0) is 106 Å². The van der Waals surface area contributed by atoms with Gasteiger partial charge in [0.05, 0.1) is 25.1 Å². The number of allylic oxidation sites excluding steroid dienone is 1. The van der Waals surface area contributed by atoms with Crippen LogP contribution in [0.4, 0.5) is 0 Å². The Morgan fingerprint density at radius 2 is 1.81 bits per heavy atom. The molecule has 4 aliphatic carbocycles. The lowest BCUT2D eigenvalue weighted by atomic mass is 9.50. The van der Waals surface area contributed by atoms with Gasteiger partial charge in [0, 0.05) is 53.3 Å². The molecule has 9 rings (SSSR count). The monoisotopic (exact) mass is 915 g/mol. The van der Waals surface area contributed by atoms with Crippen LogP contribution in [0, 0.1) is 29.1 Å². The lowest BCUT2D eigenvalue weighted by Gasteiger charge is -2.67. The number of benzene rings is 1. The van der Waals surface area contributed by atoms with Gasteiger partial charge in [0.2, 0.25) is 12.0 Å². The van der Waals surface area contributed by atoms with E-state index in [0.717, 1.165) is 38.5 Å². The molecule has 5 bridgehead atoms. The second kappa shape index (κ2) is 18.2. The molecule has 0 unspecified atom stereocenters. The second-order valence-electron chi connectivity index (χ2n) is 20.3. The third-order valence-electron chi connectivity index (χ3n) is 16.6. The Hall–Kier alpha value is -2.05. The Morgan fingerprint density at radius 3 is 2.60 bits per heavy atom. The van der Waals surface area contributed by atoms with E-state index in [-0.39, 0.29) is 72.4 Å². The van der Waals surface area contributed by atoms with Gasteiger partial charge in [-0.1, -0.05) is 72.8 Å². The van der Waals surface area contributed by atoms with Crippen molar-refractivity contribution in [1.29, 1.82) is 0 Å². The van der Waals surface area contributed by atoms with Crippen molar-refractivity contribution in [3.8, 4) is 11.5 Å². The highest BCUT2D eigenvalue weighted by molar-refractivity contribution is 8.77. The van der Waals surface area contributed by atoms with Crippen LogP contribution in [0.5, 0.6) is 11.5 Å². The molecule has 15 heteroatoms. The zero-order chi connectivity index (χ0) is 44.2. The Labute approximate surface area is 378 Å². The van der Waals surface area contributed by atoms with Gasteiger partial charge < -0.3 is 59.3 Å². The Bertz CT molecular complexity index is 1980. The first kappa shape index (κ1) is 46.1. The zero-order valence-corrected chi connectivity index (χ0v) is 38.5. The summed E-state index contributed by atoms with van der Waals surface area (Å²) in [6.07, 6.45) is 11.8. The molecule has 2 saturated heterocycles. The molecule has 5 fully saturated rings. The van der Waals surface area contributed by atoms with E-state index in [4.69, 9.17) is 23.4 Å². The number of nitrogens with one attached hydrogen (secondary N) is 1. The van der Waals surface area contributed by atoms with E-state index in [1.807, 2.05) is 16.9 Å². The molecule has 3 spiro atoms. The lowest BCUT2D eigenvalue weighted by molar-refractivity contribution is -0.424. The second-order valence-corrected chi connectivity index (χ2v) is 23.0. The van der Waals surface area contributed by atoms with E-state index in [9.17, 15) is 35.4 Å². The minimum atomic E-state index is -2.44. The van der Waals surface area contributed by atoms with Crippen molar-refractivity contribution in [2.75, 3.05) is 32.1 Å². The highest BCUT2D eigenvalue weighted by Crippen LogP contribution is 2.64. The topological polar surface area (TPSA) is 201 Å². The van der Waals surface area contributed by atoms with E-state index < -0.39 is 71.7 Å². The average molecular weight is 916 g/mol. The molecular formula is C48H69NO12S2. The summed E-state index contributed by atoms with van der Waals surface area (Å²) in [7, 11) is 3.42. The molecule has 2 aromatic rings. The molecule has 13 nitrogen and oxygen atoms in total. The molecule has 4 heterocycles. The Kier molecular flexibility index (Phi) is 13.3. The van der Waals surface area contributed by atoms with Crippen molar-refractivity contribution < 1.29 is 58.8 Å². The quantitative estimate of drug-likeness (QED) is 0.105. The summed E-state index contributed by atoms with van der Waals surface area (Å²) in [5, 5.41) is 79.5. The molecule has 7 N–H and O–H groups in total. The minimum Gasteiger partial charge on any atom is -0.485 e. The highest BCUT2D eigenvalue weighted by Gasteiger charge is 2.78. The molecule has 350 valence electrons. The van der Waals surface area contributed by atoms with Crippen LogP contribution >= 0.6 is 21.6 Å². The summed E-state index contributed by atoms with van der Waals surface area (Å²) >= 11 is 0. The van der Waals surface area contributed by atoms with Gasteiger partial charge in [-0.15, -0.1) is 0 Å². The summed E-state index contributed by atoms with van der Waals surface area (Å²) in [5.41, 5.74) is -5.35. The van der Waals surface area contributed by atoms with Gasteiger partial charge in [0.25, 0.3) is 0 Å². The first-order valence-electron chi connectivity index (χ1n) is 23.8. The molecule has 63 heavy (non-hydrogen) atoms. The summed E-state index contributed by atoms with van der Waals surface area (Å²) in [5.74, 6) is -2.28. The maximum Gasteiger partial charge on any atom is 0.306 e. The third kappa shape index (κ3) is 7.97. The molecule has 0 amide bonds. The third-order valence-corrected chi connectivity index (χ3v) is 19.9. The maximum absolute atomic E-state index is 13.4. The van der Waals surface area contributed by atoms with Crippen LogP contribution in [-0.4, -0.2) is 121 Å². The van der Waals surface area contributed by atoms with Crippen LogP contribution in [0.25, 0.3) is 11.0 Å². The maximum atomic E-state index is 13.4. The standard InChI is InChI=1S/C48H69NO12S2/c1-3-57-37(53)15-12-30-24-31-16-22-58-39(31)41-40(30)60-43-48(56)38-32(11-13-34(51)33(38)26-50)25-46(55,42(48)54)47(61-43)28-62-63-45(20-7-19-44(27-45)17-4-5-18-44)35(49-21-23-59-41)14-10-29(2)8-6-9-36(47)52/h11,13,16,22,24,29,32-36,38,42-43,49-52,54-56H,3-10,12,14-15,17-21,23,25-28H2,1-2H3/t29-,32-,33+,34-,35-,36-,38-,42-,43+,45+,46-,47+,48+/m0/s1. The molecule has 1 aromatic carbocycles. The van der Waals surface area contributed by atoms with Crippen LogP contribution < -0.4 is 14.8 Å². The Balaban J connectivity index is 1.24. The van der Waals surface area contributed by atoms with Crippen molar-refractivity contribution in [3.05, 3.63) is 36.1 Å². The number of aryl methyl sites for hydroxylation is 1. The average Bonchev–Trinajstić information content (AvgIpc) is 3.93. The van der Waals surface area contributed by atoms with Crippen molar-refractivity contribution in [1.82, 2.24) is 5.32 Å². The van der Waals surface area contributed by atoms with Crippen LogP contribution in [0.3, 0.4) is 0 Å². The highest BCUT2D eigenvalue weighted by atomic mass is 33.1. The summed E-state index contributed by atoms with van der Waals surface area (Å²) in [6.45, 7) is 4.46. The summed E-state index contributed by atoms with van der Waals surface area (Å²) < 4.78 is 32.2. The van der Waals surface area contributed by atoms with E-state index in [1.54, 1.807) is 42.2 Å². The molecule has 7 aliphatic rings. The van der Waals surface area contributed by atoms with Crippen molar-refractivity contribution in [3.63, 3.8) is 0 Å². The van der Waals surface area contributed by atoms with Crippen molar-refractivity contribution >= 4 is 38.5 Å². The first-order chi connectivity index (χ1) is 30.3. The van der Waals surface area contributed by atoms with Gasteiger partial charge in [0.15, 0.2) is 16.9 Å². The Morgan fingerprint density at radius 1 is 1.00 bits per heavy atom. The fraction of sp³-hybridized carbons (Fsp3) is 0.771. The van der Waals surface area contributed by atoms with Gasteiger partial charge in [-0.25, -0.2) is 0 Å². The van der Waals surface area contributed by atoms with Crippen molar-refractivity contribution in [2.24, 2.45) is 29.1 Å². The van der Waals surface area contributed by atoms with E-state index in [1.165, 1.54) is 32.1 Å². The molecule has 13 atom stereocenters. The largest absolute Gasteiger partial charge is 0.485 e. The number of aliphatic hydroxyl groups excluding tert-OH is 4.